The smallest absolute Gasteiger partial charge is 0.264 e. The summed E-state index contributed by atoms with van der Waals surface area (Å²) in [6.45, 7) is 1.98. The molecule has 0 radical (unpaired) electrons. The zero-order chi connectivity index (χ0) is 12.3. The Morgan fingerprint density at radius 1 is 1.47 bits per heavy atom. The van der Waals surface area contributed by atoms with Gasteiger partial charge in [0.25, 0.3) is 5.89 Å². The second-order valence-corrected chi connectivity index (χ2v) is 4.24. The number of nitrogens with zero attached hydrogens (tertiary/aromatic N) is 2. The Kier molecular flexibility index (Phi) is 3.73. The fourth-order valence-corrected chi connectivity index (χ4v) is 1.56. The van der Waals surface area contributed by atoms with E-state index in [0.717, 1.165) is 4.47 Å². The van der Waals surface area contributed by atoms with Crippen molar-refractivity contribution in [1.82, 2.24) is 10.1 Å². The minimum Gasteiger partial charge on any atom is -0.481 e. The number of rotatable bonds is 4. The molecule has 2 aromatic rings. The molecule has 6 heteroatoms. The molecule has 90 valence electrons. The molecule has 0 saturated heterocycles. The van der Waals surface area contributed by atoms with Gasteiger partial charge >= 0.3 is 0 Å². The zero-order valence-corrected chi connectivity index (χ0v) is 10.7. The summed E-state index contributed by atoms with van der Waals surface area (Å²) in [6, 6.07) is 4.47. The maximum Gasteiger partial charge on any atom is 0.264 e. The van der Waals surface area contributed by atoms with Crippen molar-refractivity contribution < 1.29 is 13.7 Å². The lowest BCUT2D eigenvalue weighted by Gasteiger charge is -2.04. The Bertz CT molecular complexity index is 516. The molecule has 0 aliphatic rings. The quantitative estimate of drug-likeness (QED) is 0.870. The summed E-state index contributed by atoms with van der Waals surface area (Å²) in [5.74, 6) is 0.665. The molecule has 17 heavy (non-hydrogen) atoms. The van der Waals surface area contributed by atoms with Crippen molar-refractivity contribution in [2.24, 2.45) is 0 Å². The van der Waals surface area contributed by atoms with Gasteiger partial charge in [-0.3, -0.25) is 0 Å². The maximum absolute atomic E-state index is 13.3. The van der Waals surface area contributed by atoms with Crippen LogP contribution in [-0.4, -0.2) is 10.1 Å². The molecule has 0 amide bonds. The first-order chi connectivity index (χ1) is 8.19. The number of hydrogen-bond donors (Lipinski definition) is 0. The Morgan fingerprint density at radius 2 is 2.29 bits per heavy atom. The standard InChI is InChI=1S/C11H10BrFN2O2/c1-2-10-14-11(17-15-10)6-16-9-5-7(12)3-4-8(9)13/h3-5H,2,6H2,1H3. The van der Waals surface area contributed by atoms with Crippen LogP contribution in [0.15, 0.2) is 27.2 Å². The Morgan fingerprint density at radius 3 is 3.00 bits per heavy atom. The molecule has 1 heterocycles. The molecule has 0 aliphatic heterocycles. The predicted molar refractivity (Wildman–Crippen MR) is 62.1 cm³/mol. The van der Waals surface area contributed by atoms with Gasteiger partial charge in [-0.1, -0.05) is 28.0 Å². The van der Waals surface area contributed by atoms with Crippen LogP contribution in [0.3, 0.4) is 0 Å². The second-order valence-electron chi connectivity index (χ2n) is 3.32. The van der Waals surface area contributed by atoms with E-state index in [-0.39, 0.29) is 12.4 Å². The van der Waals surface area contributed by atoms with E-state index in [0.29, 0.717) is 18.1 Å². The summed E-state index contributed by atoms with van der Waals surface area (Å²) in [7, 11) is 0. The van der Waals surface area contributed by atoms with Gasteiger partial charge in [0.05, 0.1) is 0 Å². The van der Waals surface area contributed by atoms with Crippen LogP contribution in [0.5, 0.6) is 5.75 Å². The third-order valence-corrected chi connectivity index (χ3v) is 2.56. The van der Waals surface area contributed by atoms with Crippen molar-refractivity contribution in [3.63, 3.8) is 0 Å². The summed E-state index contributed by atoms with van der Waals surface area (Å²) in [5.41, 5.74) is 0. The van der Waals surface area contributed by atoms with Gasteiger partial charge in [-0.05, 0) is 18.2 Å². The first-order valence-electron chi connectivity index (χ1n) is 5.08. The van der Waals surface area contributed by atoms with Crippen molar-refractivity contribution >= 4 is 15.9 Å². The van der Waals surface area contributed by atoms with Gasteiger partial charge in [0.15, 0.2) is 24.0 Å². The van der Waals surface area contributed by atoms with E-state index in [9.17, 15) is 4.39 Å². The molecule has 0 saturated carbocycles. The van der Waals surface area contributed by atoms with Gasteiger partial charge in [-0.2, -0.15) is 4.98 Å². The first kappa shape index (κ1) is 12.0. The molecule has 0 atom stereocenters. The summed E-state index contributed by atoms with van der Waals surface area (Å²) >= 11 is 3.24. The van der Waals surface area contributed by atoms with Crippen LogP contribution < -0.4 is 4.74 Å². The van der Waals surface area contributed by atoms with E-state index < -0.39 is 5.82 Å². The van der Waals surface area contributed by atoms with E-state index in [1.54, 1.807) is 12.1 Å². The molecule has 2 rings (SSSR count). The molecule has 1 aromatic carbocycles. The van der Waals surface area contributed by atoms with Crippen LogP contribution in [0.25, 0.3) is 0 Å². The molecule has 0 aliphatic carbocycles. The number of ether oxygens (including phenoxy) is 1. The Labute approximate surface area is 106 Å². The first-order valence-corrected chi connectivity index (χ1v) is 5.87. The van der Waals surface area contributed by atoms with Crippen LogP contribution in [-0.2, 0) is 13.0 Å². The summed E-state index contributed by atoms with van der Waals surface area (Å²) in [5, 5.41) is 3.72. The monoisotopic (exact) mass is 300 g/mol. The largest absolute Gasteiger partial charge is 0.481 e. The van der Waals surface area contributed by atoms with Crippen LogP contribution in [0.1, 0.15) is 18.6 Å². The molecule has 0 unspecified atom stereocenters. The van der Waals surface area contributed by atoms with E-state index in [2.05, 4.69) is 26.1 Å². The highest BCUT2D eigenvalue weighted by atomic mass is 79.9. The van der Waals surface area contributed by atoms with Crippen molar-refractivity contribution in [3.05, 3.63) is 40.2 Å². The fourth-order valence-electron chi connectivity index (χ4n) is 1.22. The van der Waals surface area contributed by atoms with Gasteiger partial charge in [0.2, 0.25) is 0 Å². The van der Waals surface area contributed by atoms with E-state index in [4.69, 9.17) is 9.26 Å². The van der Waals surface area contributed by atoms with Gasteiger partial charge < -0.3 is 9.26 Å². The van der Waals surface area contributed by atoms with Crippen molar-refractivity contribution in [1.29, 1.82) is 0 Å². The molecule has 4 nitrogen and oxygen atoms in total. The molecule has 0 fully saturated rings. The number of aryl methyl sites for hydroxylation is 1. The minimum absolute atomic E-state index is 0.0559. The Hall–Kier alpha value is -1.43. The van der Waals surface area contributed by atoms with Gasteiger partial charge in [0.1, 0.15) is 0 Å². The summed E-state index contributed by atoms with van der Waals surface area (Å²) < 4.78 is 24.3. The molecule has 1 aromatic heterocycles. The van der Waals surface area contributed by atoms with Crippen molar-refractivity contribution in [2.45, 2.75) is 20.0 Å². The predicted octanol–water partition coefficient (Wildman–Crippen LogP) is 3.11. The lowest BCUT2D eigenvalue weighted by Crippen LogP contribution is -1.98. The molecule has 0 spiro atoms. The normalized spacial score (nSPS) is 10.5. The second kappa shape index (κ2) is 5.27. The van der Waals surface area contributed by atoms with Crippen LogP contribution in [0.4, 0.5) is 4.39 Å². The van der Waals surface area contributed by atoms with Crippen molar-refractivity contribution in [3.8, 4) is 5.75 Å². The minimum atomic E-state index is -0.427. The lowest BCUT2D eigenvalue weighted by molar-refractivity contribution is 0.234. The van der Waals surface area contributed by atoms with Gasteiger partial charge in [0, 0.05) is 10.9 Å². The van der Waals surface area contributed by atoms with Gasteiger partial charge in [-0.25, -0.2) is 4.39 Å². The SMILES string of the molecule is CCc1noc(COc2cc(Br)ccc2F)n1. The van der Waals surface area contributed by atoms with Crippen LogP contribution >= 0.6 is 15.9 Å². The fraction of sp³-hybridized carbons (Fsp3) is 0.273. The van der Waals surface area contributed by atoms with Crippen molar-refractivity contribution in [2.75, 3.05) is 0 Å². The molecule has 0 N–H and O–H groups in total. The molecular formula is C11H10BrFN2O2. The topological polar surface area (TPSA) is 48.2 Å². The number of benzene rings is 1. The summed E-state index contributed by atoms with van der Waals surface area (Å²) in [4.78, 5) is 4.06. The average Bonchev–Trinajstić information content (AvgIpc) is 2.78. The number of halogens is 2. The number of aromatic nitrogens is 2. The number of hydrogen-bond acceptors (Lipinski definition) is 4. The zero-order valence-electron chi connectivity index (χ0n) is 9.11. The highest BCUT2D eigenvalue weighted by Gasteiger charge is 2.08. The van der Waals surface area contributed by atoms with Crippen LogP contribution in [0, 0.1) is 5.82 Å². The highest BCUT2D eigenvalue weighted by Crippen LogP contribution is 2.22. The van der Waals surface area contributed by atoms with Gasteiger partial charge in [-0.15, -0.1) is 0 Å². The van der Waals surface area contributed by atoms with E-state index >= 15 is 0 Å². The van der Waals surface area contributed by atoms with E-state index in [1.165, 1.54) is 6.07 Å². The highest BCUT2D eigenvalue weighted by molar-refractivity contribution is 9.10. The lowest BCUT2D eigenvalue weighted by atomic mass is 10.3. The average molecular weight is 301 g/mol. The third-order valence-electron chi connectivity index (χ3n) is 2.07. The third kappa shape index (κ3) is 3.03. The summed E-state index contributed by atoms with van der Waals surface area (Å²) in [6.07, 6.45) is 0.689. The van der Waals surface area contributed by atoms with E-state index in [1.807, 2.05) is 6.92 Å². The molecular weight excluding hydrogens is 291 g/mol. The Balaban J connectivity index is 2.04. The molecule has 0 bridgehead atoms. The van der Waals surface area contributed by atoms with Crippen LogP contribution in [0.2, 0.25) is 0 Å². The maximum atomic E-state index is 13.3.